The van der Waals surface area contributed by atoms with Gasteiger partial charge in [-0.15, -0.1) is 0 Å². The van der Waals surface area contributed by atoms with Gasteiger partial charge in [0.25, 0.3) is 0 Å². The zero-order valence-electron chi connectivity index (χ0n) is 11.6. The van der Waals surface area contributed by atoms with Crippen LogP contribution < -0.4 is 14.2 Å². The van der Waals surface area contributed by atoms with E-state index in [1.54, 1.807) is 12.1 Å². The summed E-state index contributed by atoms with van der Waals surface area (Å²) in [6.07, 6.45) is 1.94. The van der Waals surface area contributed by atoms with Gasteiger partial charge in [0.2, 0.25) is 5.75 Å². The monoisotopic (exact) mass is 268 g/mol. The van der Waals surface area contributed by atoms with Crippen LogP contribution in [-0.4, -0.2) is 38.3 Å². The molecule has 5 heteroatoms. The fraction of sp³-hybridized carbons (Fsp3) is 0.500. The fourth-order valence-electron chi connectivity index (χ4n) is 1.59. The van der Waals surface area contributed by atoms with Gasteiger partial charge in [-0.2, -0.15) is 0 Å². The van der Waals surface area contributed by atoms with Crippen LogP contribution in [0.15, 0.2) is 12.1 Å². The molecule has 1 aromatic rings. The first-order chi connectivity index (χ1) is 9.17. The van der Waals surface area contributed by atoms with Gasteiger partial charge in [-0.1, -0.05) is 13.3 Å². The highest BCUT2D eigenvalue weighted by Crippen LogP contribution is 2.38. The molecule has 0 aliphatic heterocycles. The molecule has 0 bridgehead atoms. The normalized spacial score (nSPS) is 10.1. The molecule has 0 spiro atoms. The summed E-state index contributed by atoms with van der Waals surface area (Å²) in [6.45, 7) is 2.07. The van der Waals surface area contributed by atoms with Gasteiger partial charge in [-0.3, -0.25) is 4.79 Å². The summed E-state index contributed by atoms with van der Waals surface area (Å²) in [5.41, 5.74) is 0.332. The SMILES string of the molecule is CCCCOc1c(OC)cc(C(=O)CO)cc1OC. The van der Waals surface area contributed by atoms with Crippen LogP contribution >= 0.6 is 0 Å². The molecule has 5 nitrogen and oxygen atoms in total. The second kappa shape index (κ2) is 7.63. The van der Waals surface area contributed by atoms with Gasteiger partial charge in [-0.05, 0) is 18.6 Å². The maximum absolute atomic E-state index is 11.5. The van der Waals surface area contributed by atoms with Crippen LogP contribution in [0.4, 0.5) is 0 Å². The summed E-state index contributed by atoms with van der Waals surface area (Å²) in [7, 11) is 2.99. The van der Waals surface area contributed by atoms with Crippen molar-refractivity contribution >= 4 is 5.78 Å². The number of aliphatic hydroxyl groups excluding tert-OH is 1. The minimum absolute atomic E-state index is 0.332. The van der Waals surface area contributed by atoms with E-state index < -0.39 is 12.4 Å². The van der Waals surface area contributed by atoms with Gasteiger partial charge in [-0.25, -0.2) is 0 Å². The number of methoxy groups -OCH3 is 2. The van der Waals surface area contributed by atoms with Crippen molar-refractivity contribution in [3.63, 3.8) is 0 Å². The Bertz CT molecular complexity index is 403. The molecule has 0 heterocycles. The predicted octanol–water partition coefficient (Wildman–Crippen LogP) is 2.06. The van der Waals surface area contributed by atoms with E-state index in [4.69, 9.17) is 19.3 Å². The number of carbonyl (C=O) groups is 1. The van der Waals surface area contributed by atoms with E-state index in [-0.39, 0.29) is 0 Å². The maximum Gasteiger partial charge on any atom is 0.203 e. The first kappa shape index (κ1) is 15.3. The van der Waals surface area contributed by atoms with E-state index >= 15 is 0 Å². The van der Waals surface area contributed by atoms with Crippen LogP contribution in [0.3, 0.4) is 0 Å². The van der Waals surface area contributed by atoms with Crippen molar-refractivity contribution in [1.82, 2.24) is 0 Å². The average molecular weight is 268 g/mol. The van der Waals surface area contributed by atoms with Gasteiger partial charge < -0.3 is 19.3 Å². The van der Waals surface area contributed by atoms with Crippen LogP contribution in [0, 0.1) is 0 Å². The zero-order chi connectivity index (χ0) is 14.3. The first-order valence-electron chi connectivity index (χ1n) is 6.20. The lowest BCUT2D eigenvalue weighted by molar-refractivity contribution is 0.0903. The number of benzene rings is 1. The molecule has 0 radical (unpaired) electrons. The number of carbonyl (C=O) groups excluding carboxylic acids is 1. The molecular weight excluding hydrogens is 248 g/mol. The van der Waals surface area contributed by atoms with Crippen molar-refractivity contribution in [2.24, 2.45) is 0 Å². The molecule has 0 aliphatic rings. The van der Waals surface area contributed by atoms with Crippen LogP contribution in [0.5, 0.6) is 17.2 Å². The molecule has 0 saturated carbocycles. The maximum atomic E-state index is 11.5. The lowest BCUT2D eigenvalue weighted by Crippen LogP contribution is -2.07. The van der Waals surface area contributed by atoms with Gasteiger partial charge in [0.1, 0.15) is 6.61 Å². The number of unbranched alkanes of at least 4 members (excludes halogenated alkanes) is 1. The van der Waals surface area contributed by atoms with Crippen molar-refractivity contribution in [2.75, 3.05) is 27.4 Å². The molecular formula is C14H20O5. The standard InChI is InChI=1S/C14H20O5/c1-4-5-6-19-14-12(17-2)7-10(11(16)9-15)8-13(14)18-3/h7-8,15H,4-6,9H2,1-3H3. The van der Waals surface area contributed by atoms with Crippen LogP contribution in [0.1, 0.15) is 30.1 Å². The molecule has 0 fully saturated rings. The predicted molar refractivity (Wildman–Crippen MR) is 71.4 cm³/mol. The van der Waals surface area contributed by atoms with E-state index in [9.17, 15) is 4.79 Å². The number of aliphatic hydroxyl groups is 1. The number of hydrogen-bond acceptors (Lipinski definition) is 5. The van der Waals surface area contributed by atoms with Crippen LogP contribution in [-0.2, 0) is 0 Å². The van der Waals surface area contributed by atoms with Crippen molar-refractivity contribution in [1.29, 1.82) is 0 Å². The third-order valence-electron chi connectivity index (χ3n) is 2.67. The molecule has 1 aromatic carbocycles. The van der Waals surface area contributed by atoms with E-state index in [1.807, 2.05) is 0 Å². The number of rotatable bonds is 8. The largest absolute Gasteiger partial charge is 0.493 e. The van der Waals surface area contributed by atoms with E-state index in [0.29, 0.717) is 29.4 Å². The smallest absolute Gasteiger partial charge is 0.203 e. The first-order valence-corrected chi connectivity index (χ1v) is 6.20. The Labute approximate surface area is 113 Å². The second-order valence-electron chi connectivity index (χ2n) is 3.99. The molecule has 1 N–H and O–H groups in total. The minimum Gasteiger partial charge on any atom is -0.493 e. The van der Waals surface area contributed by atoms with Gasteiger partial charge in [0, 0.05) is 5.56 Å². The average Bonchev–Trinajstić information content (AvgIpc) is 2.46. The Morgan fingerprint density at radius 3 is 2.21 bits per heavy atom. The summed E-state index contributed by atoms with van der Waals surface area (Å²) >= 11 is 0. The van der Waals surface area contributed by atoms with Crippen molar-refractivity contribution in [3.05, 3.63) is 17.7 Å². The summed E-state index contributed by atoms with van der Waals surface area (Å²) in [6, 6.07) is 3.09. The molecule has 0 amide bonds. The number of ether oxygens (including phenoxy) is 3. The van der Waals surface area contributed by atoms with Crippen LogP contribution in [0.25, 0.3) is 0 Å². The summed E-state index contributed by atoms with van der Waals surface area (Å²) in [4.78, 5) is 11.5. The minimum atomic E-state index is -0.553. The third-order valence-corrected chi connectivity index (χ3v) is 2.67. The Hall–Kier alpha value is -1.75. The van der Waals surface area contributed by atoms with E-state index in [0.717, 1.165) is 12.8 Å². The second-order valence-corrected chi connectivity index (χ2v) is 3.99. The Kier molecular flexibility index (Phi) is 6.15. The Morgan fingerprint density at radius 2 is 1.79 bits per heavy atom. The Morgan fingerprint density at radius 1 is 1.21 bits per heavy atom. The molecule has 19 heavy (non-hydrogen) atoms. The summed E-state index contributed by atoms with van der Waals surface area (Å²) in [5, 5.41) is 8.90. The zero-order valence-corrected chi connectivity index (χ0v) is 11.6. The summed E-state index contributed by atoms with van der Waals surface area (Å²) < 4.78 is 16.1. The highest BCUT2D eigenvalue weighted by Gasteiger charge is 2.17. The fourth-order valence-corrected chi connectivity index (χ4v) is 1.59. The molecule has 0 aromatic heterocycles. The lowest BCUT2D eigenvalue weighted by atomic mass is 10.1. The van der Waals surface area contributed by atoms with Crippen molar-refractivity contribution in [2.45, 2.75) is 19.8 Å². The summed E-state index contributed by atoms with van der Waals surface area (Å²) in [5.74, 6) is 0.934. The van der Waals surface area contributed by atoms with E-state index in [1.165, 1.54) is 14.2 Å². The van der Waals surface area contributed by atoms with Crippen LogP contribution in [0.2, 0.25) is 0 Å². The molecule has 0 saturated heterocycles. The third kappa shape index (κ3) is 3.86. The highest BCUT2D eigenvalue weighted by molar-refractivity contribution is 5.98. The highest BCUT2D eigenvalue weighted by atomic mass is 16.5. The molecule has 106 valence electrons. The van der Waals surface area contributed by atoms with Gasteiger partial charge in [0.05, 0.1) is 20.8 Å². The number of hydrogen-bond donors (Lipinski definition) is 1. The Balaban J connectivity index is 3.10. The van der Waals surface area contributed by atoms with E-state index in [2.05, 4.69) is 6.92 Å². The molecule has 0 unspecified atom stereocenters. The van der Waals surface area contributed by atoms with Crippen molar-refractivity contribution in [3.8, 4) is 17.2 Å². The van der Waals surface area contributed by atoms with Crippen molar-refractivity contribution < 1.29 is 24.1 Å². The quantitative estimate of drug-likeness (QED) is 0.577. The molecule has 0 atom stereocenters. The topological polar surface area (TPSA) is 65.0 Å². The lowest BCUT2D eigenvalue weighted by Gasteiger charge is -2.15. The molecule has 0 aliphatic carbocycles. The van der Waals surface area contributed by atoms with Gasteiger partial charge in [0.15, 0.2) is 17.3 Å². The molecule has 1 rings (SSSR count). The van der Waals surface area contributed by atoms with Gasteiger partial charge >= 0.3 is 0 Å². The number of ketones is 1. The number of Topliss-reactive ketones (excluding diaryl/α,β-unsaturated/α-hetero) is 1.